The van der Waals surface area contributed by atoms with Crippen LogP contribution in [0.1, 0.15) is 162 Å². The van der Waals surface area contributed by atoms with Gasteiger partial charge in [0.2, 0.25) is 0 Å². The van der Waals surface area contributed by atoms with Crippen molar-refractivity contribution >= 4 is 19.8 Å². The van der Waals surface area contributed by atoms with Crippen molar-refractivity contribution in [2.45, 2.75) is 180 Å². The number of hydrogen-bond acceptors (Lipinski definition) is 9. The van der Waals surface area contributed by atoms with E-state index in [-0.39, 0.29) is 26.1 Å². The average Bonchev–Trinajstić information content (AvgIpc) is 3.87. The maximum Gasteiger partial charge on any atom is 0.306 e. The molecule has 0 aromatic rings. The zero-order chi connectivity index (χ0) is 39.8. The van der Waals surface area contributed by atoms with Crippen molar-refractivity contribution < 1.29 is 46.8 Å². The fraction of sp³-hybridized carbons (Fsp3) is 0.814. The van der Waals surface area contributed by atoms with E-state index in [4.69, 9.17) is 23.3 Å². The van der Waals surface area contributed by atoms with Crippen LogP contribution in [0.25, 0.3) is 0 Å². The molecule has 10 nitrogen and oxygen atoms in total. The Balaban J connectivity index is 2.33. The average molecular weight is 784 g/mol. The number of nitrogens with zero attached hydrogens (tertiary/aromatic N) is 1. The maximum atomic E-state index is 12.6. The smallest absolute Gasteiger partial charge is 0.306 e. The number of carbonyl (C=O) groups excluding carboxylic acids is 2. The maximum absolute atomic E-state index is 12.6. The topological polar surface area (TPSA) is 124 Å². The first-order chi connectivity index (χ1) is 26.0. The van der Waals surface area contributed by atoms with Gasteiger partial charge in [-0.3, -0.25) is 14.2 Å². The molecule has 0 radical (unpaired) electrons. The first-order valence-corrected chi connectivity index (χ1v) is 22.8. The number of quaternary nitrogens is 1. The number of ether oxygens (including phenoxy) is 3. The molecular weight excluding hydrogens is 705 g/mol. The van der Waals surface area contributed by atoms with Gasteiger partial charge in [0.15, 0.2) is 6.10 Å². The van der Waals surface area contributed by atoms with Crippen molar-refractivity contribution in [3.8, 4) is 0 Å². The molecule has 0 bridgehead atoms. The molecule has 0 aliphatic carbocycles. The highest BCUT2D eigenvalue weighted by Crippen LogP contribution is 2.38. The molecule has 314 valence electrons. The van der Waals surface area contributed by atoms with E-state index in [1.165, 1.54) is 70.6 Å². The molecule has 1 heterocycles. The van der Waals surface area contributed by atoms with Crippen LogP contribution in [-0.4, -0.2) is 82.2 Å². The fourth-order valence-corrected chi connectivity index (χ4v) is 6.53. The molecule has 54 heavy (non-hydrogen) atoms. The lowest BCUT2D eigenvalue weighted by Crippen LogP contribution is -2.37. The van der Waals surface area contributed by atoms with Gasteiger partial charge in [0.05, 0.1) is 40.0 Å². The van der Waals surface area contributed by atoms with Crippen molar-refractivity contribution in [1.29, 1.82) is 0 Å². The third-order valence-electron chi connectivity index (χ3n) is 9.32. The number of unbranched alkanes of at least 4 members (excludes halogenated alkanes) is 15. The van der Waals surface area contributed by atoms with Crippen LogP contribution in [0.3, 0.4) is 0 Å². The van der Waals surface area contributed by atoms with Gasteiger partial charge in [-0.25, -0.2) is 0 Å². The number of epoxide rings is 1. The van der Waals surface area contributed by atoms with Crippen LogP contribution in [0.15, 0.2) is 36.5 Å². The number of hydrogen-bond donors (Lipinski definition) is 0. The molecule has 0 saturated carbocycles. The Bertz CT molecular complexity index is 1090. The van der Waals surface area contributed by atoms with Crippen molar-refractivity contribution in [1.82, 2.24) is 0 Å². The number of carbonyl (C=O) groups is 2. The molecule has 0 N–H and O–H groups in total. The lowest BCUT2D eigenvalue weighted by Gasteiger charge is -2.28. The van der Waals surface area contributed by atoms with E-state index in [2.05, 4.69) is 50.3 Å². The van der Waals surface area contributed by atoms with E-state index in [1.807, 2.05) is 21.1 Å². The van der Waals surface area contributed by atoms with E-state index >= 15 is 0 Å². The van der Waals surface area contributed by atoms with Crippen molar-refractivity contribution in [3.63, 3.8) is 0 Å². The molecular formula is C43H78NO9P. The summed E-state index contributed by atoms with van der Waals surface area (Å²) in [5, 5.41) is 0. The van der Waals surface area contributed by atoms with Crippen LogP contribution < -0.4 is 4.89 Å². The molecule has 0 spiro atoms. The summed E-state index contributed by atoms with van der Waals surface area (Å²) < 4.78 is 39.5. The van der Waals surface area contributed by atoms with Crippen LogP contribution >= 0.6 is 7.82 Å². The number of rotatable bonds is 37. The normalized spacial score (nSPS) is 17.7. The quantitative estimate of drug-likeness (QED) is 0.0151. The monoisotopic (exact) mass is 784 g/mol. The van der Waals surface area contributed by atoms with Crippen LogP contribution in [0.4, 0.5) is 0 Å². The summed E-state index contributed by atoms with van der Waals surface area (Å²) in [4.78, 5) is 37.4. The minimum Gasteiger partial charge on any atom is -0.756 e. The van der Waals surface area contributed by atoms with Gasteiger partial charge in [-0.05, 0) is 51.4 Å². The Morgan fingerprint density at radius 1 is 0.667 bits per heavy atom. The number of likely N-dealkylation sites (N-methyl/N-ethyl adjacent to an activating group) is 1. The summed E-state index contributed by atoms with van der Waals surface area (Å²) in [6.07, 6.45) is 36.3. The fourth-order valence-electron chi connectivity index (χ4n) is 5.81. The van der Waals surface area contributed by atoms with E-state index in [0.717, 1.165) is 51.4 Å². The lowest BCUT2D eigenvalue weighted by atomic mass is 10.0. The van der Waals surface area contributed by atoms with Crippen molar-refractivity contribution in [2.75, 3.05) is 47.5 Å². The molecule has 1 saturated heterocycles. The van der Waals surface area contributed by atoms with Gasteiger partial charge in [0.1, 0.15) is 19.8 Å². The zero-order valence-electron chi connectivity index (χ0n) is 34.9. The second kappa shape index (κ2) is 32.3. The Kier molecular flexibility index (Phi) is 30.0. The summed E-state index contributed by atoms with van der Waals surface area (Å²) in [5.41, 5.74) is 0. The van der Waals surface area contributed by atoms with Gasteiger partial charge in [-0.2, -0.15) is 0 Å². The molecule has 1 rings (SSSR count). The zero-order valence-corrected chi connectivity index (χ0v) is 35.8. The molecule has 11 heteroatoms. The van der Waals surface area contributed by atoms with Crippen molar-refractivity contribution in [3.05, 3.63) is 36.5 Å². The SMILES string of the molecule is CCCCC/C=C\CC1OC1C/C=C\C/C=C\CCCC(=O)OC[C@H](COP(=O)([O-])OCC[N+](C)(C)C)OC(=O)CCCCCCCCCCCCCC. The molecule has 0 aromatic carbocycles. The van der Waals surface area contributed by atoms with E-state index in [1.54, 1.807) is 0 Å². The Labute approximate surface area is 329 Å². The third kappa shape index (κ3) is 32.4. The number of esters is 2. The Hall–Kier alpha value is -1.81. The summed E-state index contributed by atoms with van der Waals surface area (Å²) in [6, 6.07) is 0. The Morgan fingerprint density at radius 2 is 1.19 bits per heavy atom. The summed E-state index contributed by atoms with van der Waals surface area (Å²) in [6.45, 7) is 4.11. The van der Waals surface area contributed by atoms with Gasteiger partial charge in [-0.1, -0.05) is 134 Å². The molecule has 4 atom stereocenters. The van der Waals surface area contributed by atoms with E-state index in [9.17, 15) is 19.0 Å². The highest BCUT2D eigenvalue weighted by Gasteiger charge is 2.36. The van der Waals surface area contributed by atoms with Gasteiger partial charge in [0, 0.05) is 12.8 Å². The van der Waals surface area contributed by atoms with Gasteiger partial charge in [-0.15, -0.1) is 0 Å². The van der Waals surface area contributed by atoms with E-state index in [0.29, 0.717) is 36.1 Å². The van der Waals surface area contributed by atoms with E-state index < -0.39 is 32.5 Å². The predicted molar refractivity (Wildman–Crippen MR) is 217 cm³/mol. The third-order valence-corrected chi connectivity index (χ3v) is 10.3. The van der Waals surface area contributed by atoms with Crippen molar-refractivity contribution in [2.24, 2.45) is 0 Å². The molecule has 1 fully saturated rings. The summed E-state index contributed by atoms with van der Waals surface area (Å²) >= 11 is 0. The van der Waals surface area contributed by atoms with Crippen LogP contribution in [0.5, 0.6) is 0 Å². The van der Waals surface area contributed by atoms with Crippen LogP contribution in [-0.2, 0) is 37.4 Å². The largest absolute Gasteiger partial charge is 0.756 e. The van der Waals surface area contributed by atoms with Gasteiger partial charge in [0.25, 0.3) is 7.82 Å². The molecule has 1 aliphatic heterocycles. The Morgan fingerprint density at radius 3 is 1.81 bits per heavy atom. The molecule has 3 unspecified atom stereocenters. The minimum atomic E-state index is -4.64. The first kappa shape index (κ1) is 50.2. The summed E-state index contributed by atoms with van der Waals surface area (Å²) in [7, 11) is 1.13. The van der Waals surface area contributed by atoms with Gasteiger partial charge < -0.3 is 32.6 Å². The molecule has 0 aromatic heterocycles. The van der Waals surface area contributed by atoms with Crippen LogP contribution in [0.2, 0.25) is 0 Å². The van der Waals surface area contributed by atoms with Gasteiger partial charge >= 0.3 is 11.9 Å². The summed E-state index contributed by atoms with van der Waals surface area (Å²) in [5.74, 6) is -0.906. The standard InChI is InChI=1S/C43H78NO9P/c1-6-8-10-12-14-15-16-17-18-21-26-30-34-43(46)52-39(38-51-54(47,48)50-36-35-44(3,4)5)37-49-42(45)33-29-25-22-19-20-24-28-32-41-40(53-41)31-27-23-13-11-9-7-2/h19,22-24,27-28,39-41H,6-18,20-21,25-26,29-38H2,1-5H3/b22-19-,27-23-,28-24-/t39-,40?,41?/m1/s1. The predicted octanol–water partition coefficient (Wildman–Crippen LogP) is 10.1. The minimum absolute atomic E-state index is 0.0411. The van der Waals surface area contributed by atoms with Crippen LogP contribution in [0, 0.1) is 0 Å². The molecule has 1 aliphatic rings. The lowest BCUT2D eigenvalue weighted by molar-refractivity contribution is -0.870. The molecule has 0 amide bonds. The second-order valence-electron chi connectivity index (χ2n) is 15.7. The first-order valence-electron chi connectivity index (χ1n) is 21.3. The highest BCUT2D eigenvalue weighted by atomic mass is 31.2. The second-order valence-corrected chi connectivity index (χ2v) is 17.2. The number of allylic oxidation sites excluding steroid dienone is 4. The highest BCUT2D eigenvalue weighted by molar-refractivity contribution is 7.45. The number of phosphoric acid groups is 1. The number of phosphoric ester groups is 1.